The largest absolute Gasteiger partial charge is 0.357 e. The second-order valence-corrected chi connectivity index (χ2v) is 5.49. The van der Waals surface area contributed by atoms with Crippen LogP contribution in [0.5, 0.6) is 0 Å². The summed E-state index contributed by atoms with van der Waals surface area (Å²) in [6, 6.07) is 7.78. The molecule has 0 amide bonds. The van der Waals surface area contributed by atoms with Crippen LogP contribution in [0.25, 0.3) is 0 Å². The Hall–Kier alpha value is -1.59. The van der Waals surface area contributed by atoms with Gasteiger partial charge >= 0.3 is 0 Å². The first-order valence-electron chi connectivity index (χ1n) is 6.26. The minimum absolute atomic E-state index is 0.549. The molecule has 2 N–H and O–H groups in total. The van der Waals surface area contributed by atoms with E-state index in [0.717, 1.165) is 27.7 Å². The number of aromatic nitrogens is 2. The molecule has 0 radical (unpaired) electrons. The predicted octanol–water partition coefficient (Wildman–Crippen LogP) is 3.18. The molecular formula is C14H17ClN4S. The van der Waals surface area contributed by atoms with E-state index in [-0.39, 0.29) is 0 Å². The quantitative estimate of drug-likeness (QED) is 0.855. The molecule has 0 bridgehead atoms. The number of aryl methyl sites for hydroxylation is 3. The van der Waals surface area contributed by atoms with Crippen molar-refractivity contribution >= 4 is 34.6 Å². The Balaban J connectivity index is 1.90. The molecule has 20 heavy (non-hydrogen) atoms. The van der Waals surface area contributed by atoms with Gasteiger partial charge in [-0.3, -0.25) is 4.68 Å². The molecule has 0 fully saturated rings. The number of hydrogen-bond donors (Lipinski definition) is 2. The van der Waals surface area contributed by atoms with E-state index in [9.17, 15) is 0 Å². The highest BCUT2D eigenvalue weighted by atomic mass is 35.5. The number of nitrogens with zero attached hydrogens (tertiary/aromatic N) is 2. The maximum Gasteiger partial charge on any atom is 0.171 e. The molecule has 2 rings (SSSR count). The van der Waals surface area contributed by atoms with E-state index in [1.165, 1.54) is 0 Å². The molecule has 0 aliphatic heterocycles. The molecule has 0 aliphatic carbocycles. The second-order valence-electron chi connectivity index (χ2n) is 4.67. The van der Waals surface area contributed by atoms with Crippen molar-refractivity contribution in [3.63, 3.8) is 0 Å². The van der Waals surface area contributed by atoms with Crippen LogP contribution < -0.4 is 10.6 Å². The van der Waals surface area contributed by atoms with E-state index in [1.807, 2.05) is 49.8 Å². The van der Waals surface area contributed by atoms with Gasteiger partial charge < -0.3 is 10.6 Å². The van der Waals surface area contributed by atoms with Crippen molar-refractivity contribution in [1.82, 2.24) is 15.1 Å². The van der Waals surface area contributed by atoms with Crippen LogP contribution in [0, 0.1) is 13.8 Å². The van der Waals surface area contributed by atoms with Crippen molar-refractivity contribution in [1.29, 1.82) is 0 Å². The highest BCUT2D eigenvalue weighted by Crippen LogP contribution is 2.19. The Morgan fingerprint density at radius 3 is 2.70 bits per heavy atom. The third-order valence-corrected chi connectivity index (χ3v) is 3.68. The molecule has 0 saturated heterocycles. The molecule has 6 heteroatoms. The third-order valence-electron chi connectivity index (χ3n) is 3.02. The average Bonchev–Trinajstić information content (AvgIpc) is 2.71. The average molecular weight is 309 g/mol. The van der Waals surface area contributed by atoms with E-state index >= 15 is 0 Å². The van der Waals surface area contributed by atoms with Crippen LogP contribution in [0.1, 0.15) is 17.0 Å². The van der Waals surface area contributed by atoms with Gasteiger partial charge in [-0.05, 0) is 49.8 Å². The molecule has 0 unspecified atom stereocenters. The number of nitrogens with one attached hydrogen (secondary N) is 2. The molecule has 4 nitrogen and oxygen atoms in total. The summed E-state index contributed by atoms with van der Waals surface area (Å²) in [4.78, 5) is 0. The number of halogens is 1. The lowest BCUT2D eigenvalue weighted by molar-refractivity contribution is 0.712. The maximum atomic E-state index is 6.07. The molecule has 106 valence electrons. The fourth-order valence-electron chi connectivity index (χ4n) is 1.74. The summed E-state index contributed by atoms with van der Waals surface area (Å²) < 4.78 is 1.84. The van der Waals surface area contributed by atoms with Crippen molar-refractivity contribution in [3.8, 4) is 0 Å². The van der Waals surface area contributed by atoms with Crippen LogP contribution in [0.3, 0.4) is 0 Å². The standard InChI is InChI=1S/C14H17ClN4S/c1-9-4-5-11(7-13(9)15)17-14(20)16-8-12-6-10(2)19(3)18-12/h4-7H,8H2,1-3H3,(H2,16,17,20). The zero-order chi connectivity index (χ0) is 14.7. The molecule has 0 aliphatic rings. The Labute approximate surface area is 129 Å². The fourth-order valence-corrected chi connectivity index (χ4v) is 2.11. The summed E-state index contributed by atoms with van der Waals surface area (Å²) in [7, 11) is 1.92. The number of hydrogen-bond acceptors (Lipinski definition) is 2. The van der Waals surface area contributed by atoms with E-state index < -0.39 is 0 Å². The number of anilines is 1. The summed E-state index contributed by atoms with van der Waals surface area (Å²) in [5.74, 6) is 0. The number of benzene rings is 1. The Kier molecular flexibility index (Phi) is 4.62. The maximum absolute atomic E-state index is 6.07. The van der Waals surface area contributed by atoms with Crippen molar-refractivity contribution < 1.29 is 0 Å². The van der Waals surface area contributed by atoms with Gasteiger partial charge in [0, 0.05) is 23.5 Å². The highest BCUT2D eigenvalue weighted by molar-refractivity contribution is 7.80. The lowest BCUT2D eigenvalue weighted by Gasteiger charge is -2.10. The first-order chi connectivity index (χ1) is 9.45. The number of rotatable bonds is 3. The Bertz CT molecular complexity index is 617. The fraction of sp³-hybridized carbons (Fsp3) is 0.286. The summed E-state index contributed by atoms with van der Waals surface area (Å²) in [5.41, 5.74) is 3.98. The highest BCUT2D eigenvalue weighted by Gasteiger charge is 2.03. The molecule has 0 saturated carbocycles. The van der Waals surface area contributed by atoms with Gasteiger partial charge in [-0.1, -0.05) is 17.7 Å². The molecule has 1 heterocycles. The van der Waals surface area contributed by atoms with Gasteiger partial charge in [0.2, 0.25) is 0 Å². The molecule has 0 spiro atoms. The molecule has 0 atom stereocenters. The summed E-state index contributed by atoms with van der Waals surface area (Å²) in [6.07, 6.45) is 0. The Morgan fingerprint density at radius 1 is 1.35 bits per heavy atom. The monoisotopic (exact) mass is 308 g/mol. The summed E-state index contributed by atoms with van der Waals surface area (Å²) in [6.45, 7) is 4.57. The molecule has 2 aromatic rings. The van der Waals surface area contributed by atoms with Crippen LogP contribution in [0.15, 0.2) is 24.3 Å². The van der Waals surface area contributed by atoms with E-state index in [1.54, 1.807) is 0 Å². The number of thiocarbonyl (C=S) groups is 1. The van der Waals surface area contributed by atoms with E-state index in [0.29, 0.717) is 11.7 Å². The van der Waals surface area contributed by atoms with Gasteiger partial charge in [0.1, 0.15) is 0 Å². The van der Waals surface area contributed by atoms with Gasteiger partial charge in [-0.15, -0.1) is 0 Å². The van der Waals surface area contributed by atoms with Gasteiger partial charge in [0.15, 0.2) is 5.11 Å². The van der Waals surface area contributed by atoms with E-state index in [2.05, 4.69) is 15.7 Å². The lowest BCUT2D eigenvalue weighted by atomic mass is 10.2. The van der Waals surface area contributed by atoms with Crippen LogP contribution in [-0.2, 0) is 13.6 Å². The smallest absolute Gasteiger partial charge is 0.171 e. The third kappa shape index (κ3) is 3.71. The predicted molar refractivity (Wildman–Crippen MR) is 87.2 cm³/mol. The van der Waals surface area contributed by atoms with Crippen LogP contribution >= 0.6 is 23.8 Å². The van der Waals surface area contributed by atoms with Crippen molar-refractivity contribution in [3.05, 3.63) is 46.2 Å². The molecule has 1 aromatic carbocycles. The molecule has 1 aromatic heterocycles. The van der Waals surface area contributed by atoms with Crippen molar-refractivity contribution in [2.75, 3.05) is 5.32 Å². The normalized spacial score (nSPS) is 10.4. The molecular weight excluding hydrogens is 292 g/mol. The minimum atomic E-state index is 0.549. The zero-order valence-electron chi connectivity index (χ0n) is 11.7. The zero-order valence-corrected chi connectivity index (χ0v) is 13.3. The van der Waals surface area contributed by atoms with Gasteiger partial charge in [0.05, 0.1) is 12.2 Å². The van der Waals surface area contributed by atoms with Gasteiger partial charge in [-0.2, -0.15) is 5.10 Å². The Morgan fingerprint density at radius 2 is 2.10 bits per heavy atom. The second kappa shape index (κ2) is 6.24. The topological polar surface area (TPSA) is 41.9 Å². The summed E-state index contributed by atoms with van der Waals surface area (Å²) in [5, 5.41) is 11.9. The van der Waals surface area contributed by atoms with E-state index in [4.69, 9.17) is 23.8 Å². The van der Waals surface area contributed by atoms with Crippen molar-refractivity contribution in [2.45, 2.75) is 20.4 Å². The summed E-state index contributed by atoms with van der Waals surface area (Å²) >= 11 is 11.3. The van der Waals surface area contributed by atoms with Gasteiger partial charge in [-0.25, -0.2) is 0 Å². The SMILES string of the molecule is Cc1ccc(NC(=S)NCc2cc(C)n(C)n2)cc1Cl. The first kappa shape index (κ1) is 14.8. The van der Waals surface area contributed by atoms with Crippen LogP contribution in [-0.4, -0.2) is 14.9 Å². The first-order valence-corrected chi connectivity index (χ1v) is 7.05. The van der Waals surface area contributed by atoms with Crippen molar-refractivity contribution in [2.24, 2.45) is 7.05 Å². The minimum Gasteiger partial charge on any atom is -0.357 e. The van der Waals surface area contributed by atoms with Crippen LogP contribution in [0.2, 0.25) is 5.02 Å². The van der Waals surface area contributed by atoms with Crippen LogP contribution in [0.4, 0.5) is 5.69 Å². The lowest BCUT2D eigenvalue weighted by Crippen LogP contribution is -2.28. The van der Waals surface area contributed by atoms with Gasteiger partial charge in [0.25, 0.3) is 0 Å².